The van der Waals surface area contributed by atoms with Crippen LogP contribution in [0.5, 0.6) is 5.75 Å². The second-order valence-electron chi connectivity index (χ2n) is 6.95. The van der Waals surface area contributed by atoms with Gasteiger partial charge in [0.1, 0.15) is 17.4 Å². The lowest BCUT2D eigenvalue weighted by atomic mass is 9.91. The fraction of sp³-hybridized carbons (Fsp3) is 0.500. The van der Waals surface area contributed by atoms with Crippen LogP contribution in [0, 0.1) is 11.9 Å². The van der Waals surface area contributed by atoms with Crippen LogP contribution in [-0.2, 0) is 0 Å². The Morgan fingerprint density at radius 1 is 1.04 bits per heavy atom. The summed E-state index contributed by atoms with van der Waals surface area (Å²) in [5, 5.41) is 3.40. The van der Waals surface area contributed by atoms with Gasteiger partial charge in [0.15, 0.2) is 6.23 Å². The van der Waals surface area contributed by atoms with Crippen LogP contribution in [-0.4, -0.2) is 48.2 Å². The summed E-state index contributed by atoms with van der Waals surface area (Å²) in [6, 6.07) is 6.93. The van der Waals surface area contributed by atoms with Gasteiger partial charge in [0, 0.05) is 38.3 Å². The molecule has 1 N–H and O–H groups in total. The molecule has 2 aliphatic heterocycles. The fourth-order valence-electron chi connectivity index (χ4n) is 3.63. The molecule has 2 heterocycles. The lowest BCUT2D eigenvalue weighted by Gasteiger charge is -2.37. The summed E-state index contributed by atoms with van der Waals surface area (Å²) in [5.41, 5.74) is 0. The van der Waals surface area contributed by atoms with Crippen molar-refractivity contribution in [2.75, 3.05) is 26.2 Å². The van der Waals surface area contributed by atoms with Crippen LogP contribution in [0.15, 0.2) is 42.2 Å². The Morgan fingerprint density at radius 2 is 1.88 bits per heavy atom. The standard InChI is InChI=1S/C20H25FN3O/c21-16-8-10-18(11-9-16)25-20-7-2-6-19(22-20)24-13-3-12-23(14-15-24)17-4-1-5-17/h2,7-11,17,20,22H,1,3-5,12-15H2. The summed E-state index contributed by atoms with van der Waals surface area (Å²) < 4.78 is 18.9. The molecule has 1 saturated carbocycles. The van der Waals surface area contributed by atoms with Crippen molar-refractivity contribution in [2.24, 2.45) is 0 Å². The number of dihydropyridines is 1. The van der Waals surface area contributed by atoms with Crippen molar-refractivity contribution in [1.29, 1.82) is 0 Å². The highest BCUT2D eigenvalue weighted by atomic mass is 19.1. The smallest absolute Gasteiger partial charge is 0.190 e. The van der Waals surface area contributed by atoms with Gasteiger partial charge in [-0.15, -0.1) is 0 Å². The average Bonchev–Trinajstić information content (AvgIpc) is 2.82. The van der Waals surface area contributed by atoms with Gasteiger partial charge in [0.25, 0.3) is 0 Å². The molecule has 4 rings (SSSR count). The monoisotopic (exact) mass is 342 g/mol. The van der Waals surface area contributed by atoms with Gasteiger partial charge in [-0.3, -0.25) is 4.90 Å². The zero-order chi connectivity index (χ0) is 17.1. The highest BCUT2D eigenvalue weighted by molar-refractivity contribution is 5.24. The fourth-order valence-corrected chi connectivity index (χ4v) is 3.63. The van der Waals surface area contributed by atoms with E-state index < -0.39 is 0 Å². The Labute approximate surface area is 148 Å². The van der Waals surface area contributed by atoms with Crippen LogP contribution in [0.1, 0.15) is 25.7 Å². The first kappa shape index (κ1) is 16.5. The molecule has 0 spiro atoms. The van der Waals surface area contributed by atoms with Crippen LogP contribution in [0.4, 0.5) is 4.39 Å². The maximum Gasteiger partial charge on any atom is 0.190 e. The van der Waals surface area contributed by atoms with Crippen molar-refractivity contribution in [3.8, 4) is 5.75 Å². The van der Waals surface area contributed by atoms with Gasteiger partial charge in [-0.25, -0.2) is 4.39 Å². The Balaban J connectivity index is 1.33. The van der Waals surface area contributed by atoms with E-state index in [0.29, 0.717) is 5.75 Å². The molecule has 1 unspecified atom stereocenters. The summed E-state index contributed by atoms with van der Waals surface area (Å²) >= 11 is 0. The molecule has 1 aromatic carbocycles. The van der Waals surface area contributed by atoms with Crippen LogP contribution in [0.2, 0.25) is 0 Å². The molecule has 133 valence electrons. The van der Waals surface area contributed by atoms with Gasteiger partial charge in [-0.05, 0) is 55.7 Å². The van der Waals surface area contributed by atoms with Gasteiger partial charge < -0.3 is 15.0 Å². The largest absolute Gasteiger partial charge is 0.467 e. The molecule has 3 aliphatic rings. The normalized spacial score (nSPS) is 24.9. The van der Waals surface area contributed by atoms with E-state index >= 15 is 0 Å². The highest BCUT2D eigenvalue weighted by Gasteiger charge is 2.27. The van der Waals surface area contributed by atoms with Gasteiger partial charge in [-0.1, -0.05) is 6.42 Å². The number of allylic oxidation sites excluding steroid dienone is 2. The van der Waals surface area contributed by atoms with E-state index in [9.17, 15) is 4.39 Å². The van der Waals surface area contributed by atoms with Crippen LogP contribution in [0.3, 0.4) is 0 Å². The van der Waals surface area contributed by atoms with Gasteiger partial charge >= 0.3 is 0 Å². The van der Waals surface area contributed by atoms with Crippen LogP contribution in [0.25, 0.3) is 0 Å². The van der Waals surface area contributed by atoms with Gasteiger partial charge in [-0.2, -0.15) is 0 Å². The molecular weight excluding hydrogens is 317 g/mol. The summed E-state index contributed by atoms with van der Waals surface area (Å²) in [5.74, 6) is 1.39. The maximum atomic E-state index is 13.0. The minimum atomic E-state index is -0.257. The Kier molecular flexibility index (Phi) is 4.92. The van der Waals surface area contributed by atoms with Crippen molar-refractivity contribution in [3.05, 3.63) is 54.1 Å². The molecule has 0 bridgehead atoms. The number of benzene rings is 1. The third-order valence-electron chi connectivity index (χ3n) is 5.28. The highest BCUT2D eigenvalue weighted by Crippen LogP contribution is 2.26. The molecule has 25 heavy (non-hydrogen) atoms. The number of rotatable bonds is 4. The lowest BCUT2D eigenvalue weighted by molar-refractivity contribution is 0.131. The van der Waals surface area contributed by atoms with Gasteiger partial charge in [0.2, 0.25) is 0 Å². The summed E-state index contributed by atoms with van der Waals surface area (Å²) in [4.78, 5) is 5.01. The molecule has 0 amide bonds. The van der Waals surface area contributed by atoms with Gasteiger partial charge in [0.05, 0.1) is 0 Å². The van der Waals surface area contributed by atoms with Crippen molar-refractivity contribution in [3.63, 3.8) is 0 Å². The molecule has 4 nitrogen and oxygen atoms in total. The summed E-state index contributed by atoms with van der Waals surface area (Å²) in [6.07, 6.45) is 12.2. The van der Waals surface area contributed by atoms with Crippen molar-refractivity contribution in [1.82, 2.24) is 15.1 Å². The Hall–Kier alpha value is -2.01. The lowest BCUT2D eigenvalue weighted by Crippen LogP contribution is -2.44. The number of ether oxygens (including phenoxy) is 1. The molecule has 2 fully saturated rings. The zero-order valence-corrected chi connectivity index (χ0v) is 14.5. The molecule has 1 radical (unpaired) electrons. The molecule has 0 aromatic heterocycles. The van der Waals surface area contributed by atoms with E-state index in [1.54, 1.807) is 12.1 Å². The SMILES string of the molecule is Fc1ccc(OC2C=C[C]=C(N3CCCN(C4CCC4)CC3)N2)cc1. The number of halogens is 1. The predicted molar refractivity (Wildman–Crippen MR) is 95.2 cm³/mol. The van der Waals surface area contributed by atoms with E-state index in [1.165, 1.54) is 44.4 Å². The Bertz CT molecular complexity index is 639. The van der Waals surface area contributed by atoms with Crippen LogP contribution < -0.4 is 10.1 Å². The maximum absolute atomic E-state index is 13.0. The number of hydrogen-bond acceptors (Lipinski definition) is 4. The average molecular weight is 342 g/mol. The number of nitrogens with one attached hydrogen (secondary N) is 1. The van der Waals surface area contributed by atoms with E-state index in [4.69, 9.17) is 4.74 Å². The quantitative estimate of drug-likeness (QED) is 0.911. The first-order chi connectivity index (χ1) is 12.3. The molecule has 1 aromatic rings. The molecule has 1 saturated heterocycles. The molecule has 5 heteroatoms. The summed E-state index contributed by atoms with van der Waals surface area (Å²) in [6.45, 7) is 4.36. The van der Waals surface area contributed by atoms with Crippen molar-refractivity contribution in [2.45, 2.75) is 38.0 Å². The third kappa shape index (κ3) is 3.98. The van der Waals surface area contributed by atoms with E-state index in [2.05, 4.69) is 21.2 Å². The van der Waals surface area contributed by atoms with Crippen molar-refractivity contribution < 1.29 is 9.13 Å². The first-order valence-electron chi connectivity index (χ1n) is 9.26. The topological polar surface area (TPSA) is 27.7 Å². The molecule has 1 atom stereocenters. The molecule has 1 aliphatic carbocycles. The number of nitrogens with zero attached hydrogens (tertiary/aromatic N) is 2. The van der Waals surface area contributed by atoms with Crippen molar-refractivity contribution >= 4 is 0 Å². The second-order valence-corrected chi connectivity index (χ2v) is 6.95. The summed E-state index contributed by atoms with van der Waals surface area (Å²) in [7, 11) is 0. The predicted octanol–water partition coefficient (Wildman–Crippen LogP) is 2.89. The second kappa shape index (κ2) is 7.48. The first-order valence-corrected chi connectivity index (χ1v) is 9.26. The number of hydrogen-bond donors (Lipinski definition) is 1. The van der Waals surface area contributed by atoms with E-state index in [0.717, 1.165) is 31.5 Å². The Morgan fingerprint density at radius 3 is 2.64 bits per heavy atom. The minimum Gasteiger partial charge on any atom is -0.467 e. The van der Waals surface area contributed by atoms with Crippen LogP contribution >= 0.6 is 0 Å². The van der Waals surface area contributed by atoms with E-state index in [-0.39, 0.29) is 12.0 Å². The minimum absolute atomic E-state index is 0.256. The zero-order valence-electron chi connectivity index (χ0n) is 14.5. The molecular formula is C20H25FN3O. The third-order valence-corrected chi connectivity index (χ3v) is 5.28. The van der Waals surface area contributed by atoms with E-state index in [1.807, 2.05) is 12.2 Å².